The van der Waals surface area contributed by atoms with Crippen LogP contribution < -0.4 is 10.6 Å². The van der Waals surface area contributed by atoms with Crippen LogP contribution in [0.1, 0.15) is 105 Å². The molecule has 178 valence electrons. The smallest absolute Gasteiger partial charge is 0.315 e. The van der Waals surface area contributed by atoms with E-state index in [0.717, 1.165) is 96.7 Å². The second-order valence-electron chi connectivity index (χ2n) is 9.62. The Morgan fingerprint density at radius 1 is 1.00 bits per heavy atom. The third-order valence-electron chi connectivity index (χ3n) is 6.13. The van der Waals surface area contributed by atoms with E-state index in [9.17, 15) is 4.79 Å². The van der Waals surface area contributed by atoms with E-state index >= 15 is 0 Å². The molecule has 5 heteroatoms. The summed E-state index contributed by atoms with van der Waals surface area (Å²) in [6.07, 6.45) is 13.5. The Kier molecular flexibility index (Phi) is 15.3. The third-order valence-corrected chi connectivity index (χ3v) is 6.13. The topological polar surface area (TPSA) is 59.6 Å². The molecule has 5 nitrogen and oxygen atoms in total. The zero-order valence-electron chi connectivity index (χ0n) is 20.4. The Hall–Kier alpha value is -0.810. The fraction of sp³-hybridized carbons (Fsp3) is 0.960. The van der Waals surface area contributed by atoms with Gasteiger partial charge in [-0.25, -0.2) is 4.79 Å². The lowest BCUT2D eigenvalue weighted by atomic mass is 9.71. The van der Waals surface area contributed by atoms with Crippen LogP contribution in [-0.2, 0) is 9.47 Å². The van der Waals surface area contributed by atoms with Gasteiger partial charge in [0.05, 0.1) is 0 Å². The van der Waals surface area contributed by atoms with Crippen LogP contribution in [0.25, 0.3) is 0 Å². The van der Waals surface area contributed by atoms with Crippen LogP contribution in [0.2, 0.25) is 0 Å². The number of hydrogen-bond donors (Lipinski definition) is 2. The van der Waals surface area contributed by atoms with Crippen LogP contribution >= 0.6 is 0 Å². The summed E-state index contributed by atoms with van der Waals surface area (Å²) >= 11 is 0. The van der Waals surface area contributed by atoms with Crippen LogP contribution in [0.15, 0.2) is 0 Å². The fourth-order valence-corrected chi connectivity index (χ4v) is 4.72. The van der Waals surface area contributed by atoms with Crippen molar-refractivity contribution in [2.45, 2.75) is 110 Å². The minimum Gasteiger partial charge on any atom is -0.381 e. The average Bonchev–Trinajstić information content (AvgIpc) is 2.70. The van der Waals surface area contributed by atoms with Crippen LogP contribution in [0.5, 0.6) is 0 Å². The van der Waals surface area contributed by atoms with Gasteiger partial charge < -0.3 is 20.1 Å². The van der Waals surface area contributed by atoms with Gasteiger partial charge in [0.2, 0.25) is 0 Å². The molecule has 0 aliphatic heterocycles. The van der Waals surface area contributed by atoms with Gasteiger partial charge in [-0.1, -0.05) is 47.0 Å². The minimum absolute atomic E-state index is 0.00735. The first-order valence-corrected chi connectivity index (χ1v) is 12.7. The molecule has 1 aliphatic rings. The Balaban J connectivity index is 2.09. The highest BCUT2D eigenvalue weighted by Crippen LogP contribution is 2.38. The average molecular weight is 427 g/mol. The van der Waals surface area contributed by atoms with Gasteiger partial charge in [-0.05, 0) is 69.6 Å². The SMILES string of the molecule is CCCOCCCCOCCCCCNC(=O)NC1(CC(C)C)CCCC(CC)C1. The van der Waals surface area contributed by atoms with Gasteiger partial charge >= 0.3 is 6.03 Å². The molecule has 2 amide bonds. The molecule has 0 aromatic rings. The molecule has 0 spiro atoms. The fourth-order valence-electron chi connectivity index (χ4n) is 4.72. The van der Waals surface area contributed by atoms with Crippen molar-refractivity contribution in [1.29, 1.82) is 0 Å². The number of hydrogen-bond acceptors (Lipinski definition) is 3. The van der Waals surface area contributed by atoms with Gasteiger partial charge in [-0.3, -0.25) is 0 Å². The molecule has 2 N–H and O–H groups in total. The number of nitrogens with one attached hydrogen (secondary N) is 2. The molecule has 0 heterocycles. The highest BCUT2D eigenvalue weighted by molar-refractivity contribution is 5.74. The Bertz CT molecular complexity index is 431. The lowest BCUT2D eigenvalue weighted by molar-refractivity contribution is 0.101. The molecule has 1 saturated carbocycles. The molecule has 0 aromatic carbocycles. The summed E-state index contributed by atoms with van der Waals surface area (Å²) in [6.45, 7) is 13.0. The van der Waals surface area contributed by atoms with Gasteiger partial charge in [0.1, 0.15) is 0 Å². The van der Waals surface area contributed by atoms with Gasteiger partial charge in [0, 0.05) is 38.5 Å². The van der Waals surface area contributed by atoms with E-state index in [1.165, 1.54) is 19.3 Å². The summed E-state index contributed by atoms with van der Waals surface area (Å²) in [4.78, 5) is 12.5. The molecule has 2 atom stereocenters. The van der Waals surface area contributed by atoms with Crippen LogP contribution in [0.3, 0.4) is 0 Å². The van der Waals surface area contributed by atoms with E-state index in [2.05, 4.69) is 38.3 Å². The van der Waals surface area contributed by atoms with Gasteiger partial charge in [-0.2, -0.15) is 0 Å². The van der Waals surface area contributed by atoms with E-state index in [-0.39, 0.29) is 11.6 Å². The van der Waals surface area contributed by atoms with Crippen molar-refractivity contribution in [2.75, 3.05) is 33.0 Å². The van der Waals surface area contributed by atoms with Crippen LogP contribution in [0.4, 0.5) is 4.79 Å². The van der Waals surface area contributed by atoms with E-state index in [1.54, 1.807) is 0 Å². The Labute approximate surface area is 186 Å². The van der Waals surface area contributed by atoms with Crippen molar-refractivity contribution in [3.63, 3.8) is 0 Å². The van der Waals surface area contributed by atoms with Crippen molar-refractivity contribution in [1.82, 2.24) is 10.6 Å². The maximum absolute atomic E-state index is 12.5. The zero-order valence-corrected chi connectivity index (χ0v) is 20.4. The predicted octanol–water partition coefficient (Wildman–Crippen LogP) is 6.06. The van der Waals surface area contributed by atoms with Gasteiger partial charge in [0.15, 0.2) is 0 Å². The van der Waals surface area contributed by atoms with E-state index in [4.69, 9.17) is 9.47 Å². The van der Waals surface area contributed by atoms with Gasteiger partial charge in [0.25, 0.3) is 0 Å². The monoisotopic (exact) mass is 426 g/mol. The summed E-state index contributed by atoms with van der Waals surface area (Å²) in [6, 6.07) is 0.0222. The van der Waals surface area contributed by atoms with Crippen molar-refractivity contribution in [2.24, 2.45) is 11.8 Å². The largest absolute Gasteiger partial charge is 0.381 e. The maximum Gasteiger partial charge on any atom is 0.315 e. The van der Waals surface area contributed by atoms with Crippen molar-refractivity contribution >= 4 is 6.03 Å². The number of amides is 2. The summed E-state index contributed by atoms with van der Waals surface area (Å²) < 4.78 is 11.1. The first-order chi connectivity index (χ1) is 14.5. The molecule has 1 aliphatic carbocycles. The quantitative estimate of drug-likeness (QED) is 0.278. The molecular weight excluding hydrogens is 376 g/mol. The summed E-state index contributed by atoms with van der Waals surface area (Å²) in [7, 11) is 0. The molecule has 0 bridgehead atoms. The van der Waals surface area contributed by atoms with Crippen molar-refractivity contribution in [3.05, 3.63) is 0 Å². The first kappa shape index (κ1) is 27.2. The normalized spacial score (nSPS) is 21.7. The number of urea groups is 1. The molecule has 2 unspecified atom stereocenters. The molecule has 0 saturated heterocycles. The summed E-state index contributed by atoms with van der Waals surface area (Å²) in [5.74, 6) is 1.35. The van der Waals surface area contributed by atoms with E-state index < -0.39 is 0 Å². The van der Waals surface area contributed by atoms with E-state index in [0.29, 0.717) is 5.92 Å². The van der Waals surface area contributed by atoms with Crippen LogP contribution in [-0.4, -0.2) is 44.5 Å². The second kappa shape index (κ2) is 16.8. The minimum atomic E-state index is -0.00735. The second-order valence-corrected chi connectivity index (χ2v) is 9.62. The predicted molar refractivity (Wildman–Crippen MR) is 126 cm³/mol. The van der Waals surface area contributed by atoms with Crippen LogP contribution in [0, 0.1) is 11.8 Å². The highest BCUT2D eigenvalue weighted by atomic mass is 16.5. The number of unbranched alkanes of at least 4 members (excludes halogenated alkanes) is 3. The molecular formula is C25H50N2O3. The Morgan fingerprint density at radius 3 is 2.30 bits per heavy atom. The molecule has 0 radical (unpaired) electrons. The van der Waals surface area contributed by atoms with Gasteiger partial charge in [-0.15, -0.1) is 0 Å². The van der Waals surface area contributed by atoms with E-state index in [1.807, 2.05) is 0 Å². The standard InChI is InChI=1S/C25H50N2O3/c1-5-16-29-18-10-11-19-30-17-9-7-8-15-26-24(28)27-25(20-22(3)4)14-12-13-23(6-2)21-25/h22-23H,5-21H2,1-4H3,(H2,26,27,28). The summed E-state index contributed by atoms with van der Waals surface area (Å²) in [5, 5.41) is 6.48. The number of ether oxygens (including phenoxy) is 2. The Morgan fingerprint density at radius 2 is 1.67 bits per heavy atom. The molecule has 0 aromatic heterocycles. The first-order valence-electron chi connectivity index (χ1n) is 12.7. The van der Waals surface area contributed by atoms with Crippen molar-refractivity contribution in [3.8, 4) is 0 Å². The van der Waals surface area contributed by atoms with Crippen molar-refractivity contribution < 1.29 is 14.3 Å². The molecule has 1 rings (SSSR count). The number of carbonyl (C=O) groups excluding carboxylic acids is 1. The molecule has 30 heavy (non-hydrogen) atoms. The summed E-state index contributed by atoms with van der Waals surface area (Å²) in [5.41, 5.74) is -0.00735. The molecule has 1 fully saturated rings. The lowest BCUT2D eigenvalue weighted by Crippen LogP contribution is -2.55. The third kappa shape index (κ3) is 12.8. The number of carbonyl (C=O) groups is 1. The zero-order chi connectivity index (χ0) is 22.1. The number of rotatable bonds is 17. The highest BCUT2D eigenvalue weighted by Gasteiger charge is 2.37. The lowest BCUT2D eigenvalue weighted by Gasteiger charge is -2.42. The maximum atomic E-state index is 12.5.